The highest BCUT2D eigenvalue weighted by atomic mass is 19.1. The van der Waals surface area contributed by atoms with Gasteiger partial charge in [0.15, 0.2) is 0 Å². The number of halogens is 1. The standard InChI is InChI=1S/C25H31FN4O2/c26-21-5-1-4-20(18-21)19-30-11-9-22-23(6-2-7-24(22)30)29-14-12-28(13-15-29)16-17-32-25(31)8-3-10-27/h1-2,4-7,9,11,18H,3,8,10,12-17,19,27H2. The molecule has 0 saturated carbocycles. The molecule has 0 radical (unpaired) electrons. The number of carbonyl (C=O) groups is 1. The van der Waals surface area contributed by atoms with Crippen LogP contribution in [0.5, 0.6) is 0 Å². The second-order valence-corrected chi connectivity index (χ2v) is 8.22. The number of hydrogen-bond acceptors (Lipinski definition) is 5. The highest BCUT2D eigenvalue weighted by Gasteiger charge is 2.19. The molecule has 32 heavy (non-hydrogen) atoms. The molecule has 1 saturated heterocycles. The molecule has 0 atom stereocenters. The Morgan fingerprint density at radius 1 is 1.06 bits per heavy atom. The molecule has 1 aliphatic heterocycles. The van der Waals surface area contributed by atoms with Crippen LogP contribution in [0.3, 0.4) is 0 Å². The molecule has 0 spiro atoms. The number of hydrogen-bond donors (Lipinski definition) is 1. The fourth-order valence-corrected chi connectivity index (χ4v) is 4.27. The lowest BCUT2D eigenvalue weighted by molar-refractivity contribution is -0.144. The number of aromatic nitrogens is 1. The highest BCUT2D eigenvalue weighted by Crippen LogP contribution is 2.29. The molecule has 2 N–H and O–H groups in total. The summed E-state index contributed by atoms with van der Waals surface area (Å²) < 4.78 is 21.0. The summed E-state index contributed by atoms with van der Waals surface area (Å²) in [4.78, 5) is 16.4. The molecule has 3 aromatic rings. The zero-order chi connectivity index (χ0) is 22.3. The first-order valence-corrected chi connectivity index (χ1v) is 11.3. The summed E-state index contributed by atoms with van der Waals surface area (Å²) in [5.74, 6) is -0.369. The Hall–Kier alpha value is -2.90. The van der Waals surface area contributed by atoms with Gasteiger partial charge < -0.3 is 19.9 Å². The SMILES string of the molecule is NCCCC(=O)OCCN1CCN(c2cccc3c2ccn3Cc2cccc(F)c2)CC1. The molecule has 7 heteroatoms. The summed E-state index contributed by atoms with van der Waals surface area (Å²) in [6, 6.07) is 15.3. The molecule has 0 amide bonds. The summed E-state index contributed by atoms with van der Waals surface area (Å²) in [5, 5.41) is 1.21. The predicted octanol–water partition coefficient (Wildman–Crippen LogP) is 3.23. The van der Waals surface area contributed by atoms with Crippen molar-refractivity contribution in [3.63, 3.8) is 0 Å². The van der Waals surface area contributed by atoms with Crippen LogP contribution in [-0.4, -0.2) is 61.3 Å². The van der Waals surface area contributed by atoms with Gasteiger partial charge in [0.2, 0.25) is 0 Å². The third-order valence-corrected chi connectivity index (χ3v) is 6.00. The maximum Gasteiger partial charge on any atom is 0.305 e. The molecule has 1 fully saturated rings. The highest BCUT2D eigenvalue weighted by molar-refractivity contribution is 5.93. The molecule has 0 unspecified atom stereocenters. The Kier molecular flexibility index (Phi) is 7.39. The number of piperazine rings is 1. The van der Waals surface area contributed by atoms with Crippen molar-refractivity contribution in [2.45, 2.75) is 19.4 Å². The topological polar surface area (TPSA) is 63.7 Å². The van der Waals surface area contributed by atoms with Gasteiger partial charge >= 0.3 is 5.97 Å². The fraction of sp³-hybridized carbons (Fsp3) is 0.400. The smallest absolute Gasteiger partial charge is 0.305 e. The number of fused-ring (bicyclic) bond motifs is 1. The van der Waals surface area contributed by atoms with Crippen LogP contribution >= 0.6 is 0 Å². The lowest BCUT2D eigenvalue weighted by atomic mass is 10.1. The zero-order valence-electron chi connectivity index (χ0n) is 18.4. The lowest BCUT2D eigenvalue weighted by Gasteiger charge is -2.36. The Bertz CT molecular complexity index is 1040. The van der Waals surface area contributed by atoms with Crippen molar-refractivity contribution in [2.75, 3.05) is 50.8 Å². The molecular weight excluding hydrogens is 407 g/mol. The second-order valence-electron chi connectivity index (χ2n) is 8.22. The largest absolute Gasteiger partial charge is 0.464 e. The molecule has 0 bridgehead atoms. The number of nitrogens with zero attached hydrogens (tertiary/aromatic N) is 3. The minimum Gasteiger partial charge on any atom is -0.464 e. The predicted molar refractivity (Wildman–Crippen MR) is 125 cm³/mol. The average Bonchev–Trinajstić information content (AvgIpc) is 3.21. The van der Waals surface area contributed by atoms with E-state index in [9.17, 15) is 9.18 Å². The van der Waals surface area contributed by atoms with Gasteiger partial charge in [0, 0.05) is 63.0 Å². The first kappa shape index (κ1) is 22.3. The van der Waals surface area contributed by atoms with Gasteiger partial charge in [-0.05, 0) is 48.9 Å². The monoisotopic (exact) mass is 438 g/mol. The van der Waals surface area contributed by atoms with Crippen LogP contribution in [0.25, 0.3) is 10.9 Å². The van der Waals surface area contributed by atoms with E-state index in [1.807, 2.05) is 6.07 Å². The van der Waals surface area contributed by atoms with Crippen LogP contribution < -0.4 is 10.6 Å². The zero-order valence-corrected chi connectivity index (χ0v) is 18.4. The van der Waals surface area contributed by atoms with E-state index < -0.39 is 0 Å². The molecule has 0 aliphatic carbocycles. The van der Waals surface area contributed by atoms with E-state index in [0.29, 0.717) is 32.5 Å². The van der Waals surface area contributed by atoms with Crippen molar-refractivity contribution in [1.29, 1.82) is 0 Å². The van der Waals surface area contributed by atoms with Crippen LogP contribution in [0, 0.1) is 5.82 Å². The third-order valence-electron chi connectivity index (χ3n) is 6.00. The molecule has 1 aromatic heterocycles. The number of nitrogens with two attached hydrogens (primary N) is 1. The van der Waals surface area contributed by atoms with E-state index in [1.165, 1.54) is 17.1 Å². The summed E-state index contributed by atoms with van der Waals surface area (Å²) in [6.07, 6.45) is 3.15. The van der Waals surface area contributed by atoms with Gasteiger partial charge in [-0.1, -0.05) is 18.2 Å². The van der Waals surface area contributed by atoms with Crippen molar-refractivity contribution < 1.29 is 13.9 Å². The molecule has 1 aliphatic rings. The van der Waals surface area contributed by atoms with Crippen molar-refractivity contribution >= 4 is 22.6 Å². The van der Waals surface area contributed by atoms with Crippen LogP contribution in [0.15, 0.2) is 54.7 Å². The van der Waals surface area contributed by atoms with Gasteiger partial charge in [-0.25, -0.2) is 4.39 Å². The fourth-order valence-electron chi connectivity index (χ4n) is 4.27. The van der Waals surface area contributed by atoms with Gasteiger partial charge in [0.1, 0.15) is 12.4 Å². The molecule has 2 heterocycles. The molecule has 170 valence electrons. The number of anilines is 1. The van der Waals surface area contributed by atoms with Crippen molar-refractivity contribution in [3.05, 3.63) is 66.1 Å². The van der Waals surface area contributed by atoms with Crippen LogP contribution in [-0.2, 0) is 16.1 Å². The van der Waals surface area contributed by atoms with Gasteiger partial charge in [0.05, 0.1) is 5.52 Å². The second kappa shape index (κ2) is 10.6. The Morgan fingerprint density at radius 3 is 2.66 bits per heavy atom. The summed E-state index contributed by atoms with van der Waals surface area (Å²) >= 11 is 0. The van der Waals surface area contributed by atoms with Crippen molar-refractivity contribution in [1.82, 2.24) is 9.47 Å². The van der Waals surface area contributed by atoms with Gasteiger partial charge in [-0.3, -0.25) is 9.69 Å². The average molecular weight is 439 g/mol. The number of rotatable bonds is 9. The number of benzene rings is 2. The Labute approximate surface area is 188 Å². The van der Waals surface area contributed by atoms with Crippen LogP contribution in [0.4, 0.5) is 10.1 Å². The van der Waals surface area contributed by atoms with Crippen LogP contribution in [0.1, 0.15) is 18.4 Å². The lowest BCUT2D eigenvalue weighted by Crippen LogP contribution is -2.47. The van der Waals surface area contributed by atoms with Crippen molar-refractivity contribution in [2.24, 2.45) is 5.73 Å². The third kappa shape index (κ3) is 5.47. The molecular formula is C25H31FN4O2. The minimum atomic E-state index is -0.206. The van der Waals surface area contributed by atoms with Gasteiger partial charge in [0.25, 0.3) is 0 Å². The van der Waals surface area contributed by atoms with Gasteiger partial charge in [-0.15, -0.1) is 0 Å². The van der Waals surface area contributed by atoms with Gasteiger partial charge in [-0.2, -0.15) is 0 Å². The van der Waals surface area contributed by atoms with E-state index in [0.717, 1.165) is 43.8 Å². The quantitative estimate of drug-likeness (QED) is 0.520. The maximum atomic E-state index is 13.6. The summed E-state index contributed by atoms with van der Waals surface area (Å²) in [7, 11) is 0. The molecule has 6 nitrogen and oxygen atoms in total. The minimum absolute atomic E-state index is 0.163. The number of esters is 1. The van der Waals surface area contributed by atoms with E-state index in [-0.39, 0.29) is 11.8 Å². The summed E-state index contributed by atoms with van der Waals surface area (Å²) in [6.45, 7) is 6.06. The van der Waals surface area contributed by atoms with E-state index in [4.69, 9.17) is 10.5 Å². The molecule has 4 rings (SSSR count). The van der Waals surface area contributed by atoms with Crippen molar-refractivity contribution in [3.8, 4) is 0 Å². The van der Waals surface area contributed by atoms with E-state index in [2.05, 4.69) is 44.8 Å². The maximum absolute atomic E-state index is 13.6. The number of carbonyl (C=O) groups excluding carboxylic acids is 1. The van der Waals surface area contributed by atoms with Crippen LogP contribution in [0.2, 0.25) is 0 Å². The normalized spacial score (nSPS) is 14.8. The Balaban J connectivity index is 1.35. The Morgan fingerprint density at radius 2 is 1.88 bits per heavy atom. The first-order chi connectivity index (χ1) is 15.6. The number of ether oxygens (including phenoxy) is 1. The van der Waals surface area contributed by atoms with E-state index >= 15 is 0 Å². The van der Waals surface area contributed by atoms with E-state index in [1.54, 1.807) is 12.1 Å². The summed E-state index contributed by atoms with van der Waals surface area (Å²) in [5.41, 5.74) is 8.75. The first-order valence-electron chi connectivity index (χ1n) is 11.3. The molecule has 2 aromatic carbocycles.